The van der Waals surface area contributed by atoms with Crippen LogP contribution in [0.4, 0.5) is 0 Å². The van der Waals surface area contributed by atoms with Gasteiger partial charge in [0.15, 0.2) is 11.3 Å². The number of carboxylic acid groups (broad SMARTS) is 1. The van der Waals surface area contributed by atoms with Crippen molar-refractivity contribution in [2.75, 3.05) is 32.8 Å². The fourth-order valence-corrected chi connectivity index (χ4v) is 2.88. The third-order valence-corrected chi connectivity index (χ3v) is 4.27. The summed E-state index contributed by atoms with van der Waals surface area (Å²) in [6.45, 7) is 5.96. The van der Waals surface area contributed by atoms with E-state index in [1.54, 1.807) is 0 Å². The van der Waals surface area contributed by atoms with Crippen molar-refractivity contribution in [2.24, 2.45) is 0 Å². The Morgan fingerprint density at radius 3 is 2.30 bits per heavy atom. The number of carboxylic acids is 1. The first-order valence-corrected chi connectivity index (χ1v) is 6.97. The van der Waals surface area contributed by atoms with Gasteiger partial charge in [-0.3, -0.25) is 4.79 Å². The zero-order chi connectivity index (χ0) is 14.8. The van der Waals surface area contributed by atoms with Gasteiger partial charge >= 0.3 is 0 Å². The van der Waals surface area contributed by atoms with E-state index in [1.807, 2.05) is 13.8 Å². The van der Waals surface area contributed by atoms with Crippen LogP contribution in [0.25, 0.3) is 0 Å². The van der Waals surface area contributed by atoms with E-state index in [4.69, 9.17) is 9.47 Å². The Morgan fingerprint density at radius 2 is 1.80 bits per heavy atom. The van der Waals surface area contributed by atoms with Crippen LogP contribution in [-0.4, -0.2) is 56.1 Å². The van der Waals surface area contributed by atoms with Crippen molar-refractivity contribution in [1.29, 1.82) is 0 Å². The minimum Gasteiger partial charge on any atom is -0.548 e. The summed E-state index contributed by atoms with van der Waals surface area (Å²) >= 11 is 0. The van der Waals surface area contributed by atoms with Crippen LogP contribution in [0.2, 0.25) is 0 Å². The van der Waals surface area contributed by atoms with Crippen molar-refractivity contribution < 1.29 is 29.1 Å². The smallest absolute Gasteiger partial charge is 0.281 e. The number of hydrogen-bond acceptors (Lipinski definition) is 5. The lowest BCUT2D eigenvalue weighted by atomic mass is 9.95. The van der Waals surface area contributed by atoms with Crippen molar-refractivity contribution >= 4 is 11.9 Å². The number of ether oxygens (including phenoxy) is 2. The monoisotopic (exact) mass is 286 g/mol. The highest BCUT2D eigenvalue weighted by atomic mass is 16.7. The Bertz CT molecular complexity index is 380. The molecule has 7 nitrogen and oxygen atoms in total. The van der Waals surface area contributed by atoms with Gasteiger partial charge in [-0.15, -0.1) is 0 Å². The minimum absolute atomic E-state index is 0.277. The van der Waals surface area contributed by atoms with E-state index in [1.165, 1.54) is 0 Å². The van der Waals surface area contributed by atoms with Crippen LogP contribution >= 0.6 is 0 Å². The molecule has 1 spiro atoms. The first kappa shape index (κ1) is 15.2. The maximum Gasteiger partial charge on any atom is 0.281 e. The number of amides is 1. The van der Waals surface area contributed by atoms with Gasteiger partial charge in [0.05, 0.1) is 51.7 Å². The molecule has 2 N–H and O–H groups in total. The van der Waals surface area contributed by atoms with Crippen LogP contribution < -0.4 is 15.3 Å². The zero-order valence-electron chi connectivity index (χ0n) is 12.0. The highest BCUT2D eigenvalue weighted by Gasteiger charge is 2.47. The standard InChI is InChI=1S/C13H22N2O5/c1-12(2,11(18)14-9-10(16)17)15-5-3-13(4-6-15)19-7-8-20-13/h3-9H2,1-2H3,(H,14,18)(H,16,17). The molecule has 2 aliphatic rings. The number of carbonyl (C=O) groups excluding carboxylic acids is 2. The summed E-state index contributed by atoms with van der Waals surface area (Å²) in [6.07, 6.45) is 1.50. The summed E-state index contributed by atoms with van der Waals surface area (Å²) in [7, 11) is 0. The topological polar surface area (TPSA) is 92.1 Å². The maximum atomic E-state index is 12.1. The summed E-state index contributed by atoms with van der Waals surface area (Å²) < 4.78 is 11.3. The molecule has 0 radical (unpaired) electrons. The number of aliphatic carboxylic acids is 1. The summed E-state index contributed by atoms with van der Waals surface area (Å²) in [5, 5.41) is 12.8. The van der Waals surface area contributed by atoms with Gasteiger partial charge in [-0.25, -0.2) is 0 Å². The molecule has 0 saturated carbocycles. The second-order valence-corrected chi connectivity index (χ2v) is 5.89. The molecule has 0 atom stereocenters. The average molecular weight is 286 g/mol. The fourth-order valence-electron chi connectivity index (χ4n) is 2.88. The van der Waals surface area contributed by atoms with Gasteiger partial charge in [-0.1, -0.05) is 0 Å². The lowest BCUT2D eigenvalue weighted by molar-refractivity contribution is -0.945. The molecule has 0 unspecified atom stereocenters. The second-order valence-electron chi connectivity index (χ2n) is 5.89. The predicted octanol–water partition coefficient (Wildman–Crippen LogP) is -2.95. The lowest BCUT2D eigenvalue weighted by Gasteiger charge is -2.41. The number of nitrogens with one attached hydrogen (secondary N) is 2. The van der Waals surface area contributed by atoms with Gasteiger partial charge in [0, 0.05) is 0 Å². The maximum absolute atomic E-state index is 12.1. The van der Waals surface area contributed by atoms with E-state index < -0.39 is 23.8 Å². The third kappa shape index (κ3) is 3.11. The second kappa shape index (κ2) is 5.67. The lowest BCUT2D eigenvalue weighted by Crippen LogP contribution is -3.22. The molecule has 2 saturated heterocycles. The van der Waals surface area contributed by atoms with Crippen LogP contribution in [0, 0.1) is 0 Å². The van der Waals surface area contributed by atoms with Crippen molar-refractivity contribution in [3.8, 4) is 0 Å². The van der Waals surface area contributed by atoms with E-state index in [0.717, 1.165) is 30.8 Å². The predicted molar refractivity (Wildman–Crippen MR) is 66.7 cm³/mol. The number of quaternary nitrogens is 1. The van der Waals surface area contributed by atoms with Crippen LogP contribution in [0.15, 0.2) is 0 Å². The Labute approximate surface area is 118 Å². The highest BCUT2D eigenvalue weighted by molar-refractivity contribution is 5.86. The molecule has 2 aliphatic heterocycles. The molecule has 0 bridgehead atoms. The number of carbonyl (C=O) groups is 2. The summed E-state index contributed by atoms with van der Waals surface area (Å²) in [4.78, 5) is 23.6. The normalized spacial score (nSPS) is 22.9. The largest absolute Gasteiger partial charge is 0.548 e. The van der Waals surface area contributed by atoms with Crippen molar-refractivity contribution in [3.05, 3.63) is 0 Å². The average Bonchev–Trinajstić information content (AvgIpc) is 2.84. The molecule has 0 aromatic rings. The van der Waals surface area contributed by atoms with E-state index >= 15 is 0 Å². The molecule has 1 amide bonds. The first-order chi connectivity index (χ1) is 9.36. The Balaban J connectivity index is 1.90. The van der Waals surface area contributed by atoms with Crippen LogP contribution in [0.5, 0.6) is 0 Å². The van der Waals surface area contributed by atoms with Gasteiger partial charge in [0.25, 0.3) is 5.91 Å². The minimum atomic E-state index is -1.28. The van der Waals surface area contributed by atoms with E-state index in [9.17, 15) is 14.7 Å². The Morgan fingerprint density at radius 1 is 1.25 bits per heavy atom. The molecular weight excluding hydrogens is 264 g/mol. The molecule has 114 valence electrons. The van der Waals surface area contributed by atoms with Gasteiger partial charge in [-0.05, 0) is 13.8 Å². The summed E-state index contributed by atoms with van der Waals surface area (Å²) in [5.41, 5.74) is -0.685. The molecule has 0 aromatic heterocycles. The Kier molecular flexibility index (Phi) is 4.31. The summed E-state index contributed by atoms with van der Waals surface area (Å²) in [6, 6.07) is 0. The van der Waals surface area contributed by atoms with E-state index in [0.29, 0.717) is 13.2 Å². The van der Waals surface area contributed by atoms with E-state index in [-0.39, 0.29) is 5.91 Å². The van der Waals surface area contributed by atoms with Crippen LogP contribution in [-0.2, 0) is 19.1 Å². The van der Waals surface area contributed by atoms with Crippen LogP contribution in [0.1, 0.15) is 26.7 Å². The van der Waals surface area contributed by atoms with Gasteiger partial charge < -0.3 is 29.6 Å². The zero-order valence-corrected chi connectivity index (χ0v) is 12.0. The molecule has 2 rings (SSSR count). The fraction of sp³-hybridized carbons (Fsp3) is 0.846. The van der Waals surface area contributed by atoms with E-state index in [2.05, 4.69) is 5.32 Å². The molecule has 0 aliphatic carbocycles. The van der Waals surface area contributed by atoms with Gasteiger partial charge in [-0.2, -0.15) is 0 Å². The Hall–Kier alpha value is -1.18. The van der Waals surface area contributed by atoms with Crippen molar-refractivity contribution in [2.45, 2.75) is 38.0 Å². The quantitative estimate of drug-likeness (QED) is 0.577. The first-order valence-electron chi connectivity index (χ1n) is 6.97. The highest BCUT2D eigenvalue weighted by Crippen LogP contribution is 2.27. The number of piperidine rings is 1. The molecule has 20 heavy (non-hydrogen) atoms. The number of likely N-dealkylation sites (tertiary alicyclic amines) is 1. The molecule has 0 aromatic carbocycles. The molecule has 2 heterocycles. The van der Waals surface area contributed by atoms with Gasteiger partial charge in [0.1, 0.15) is 0 Å². The van der Waals surface area contributed by atoms with Crippen molar-refractivity contribution in [1.82, 2.24) is 5.32 Å². The molecule has 2 fully saturated rings. The molecular formula is C13H22N2O5. The number of hydrogen-bond donors (Lipinski definition) is 2. The third-order valence-electron chi connectivity index (χ3n) is 4.27. The summed E-state index contributed by atoms with van der Waals surface area (Å²) in [5.74, 6) is -2.02. The number of rotatable bonds is 4. The molecule has 7 heteroatoms. The van der Waals surface area contributed by atoms with Gasteiger partial charge in [0.2, 0.25) is 0 Å². The SMILES string of the molecule is CC(C)(C(=O)NCC(=O)[O-])[NH+]1CCC2(CC1)OCCO2. The van der Waals surface area contributed by atoms with Crippen molar-refractivity contribution in [3.63, 3.8) is 0 Å². The van der Waals surface area contributed by atoms with Crippen LogP contribution in [0.3, 0.4) is 0 Å².